The third-order valence-electron chi connectivity index (χ3n) is 2.41. The van der Waals surface area contributed by atoms with Gasteiger partial charge in [0.05, 0.1) is 0 Å². The molecule has 20 heavy (non-hydrogen) atoms. The minimum Gasteiger partial charge on any atom is -0.489 e. The molecule has 1 heterocycles. The Bertz CT molecular complexity index is 716. The maximum atomic E-state index is 11.3. The van der Waals surface area contributed by atoms with E-state index in [0.717, 1.165) is 5.56 Å². The predicted octanol–water partition coefficient (Wildman–Crippen LogP) is 2.40. The van der Waals surface area contributed by atoms with Crippen molar-refractivity contribution in [1.82, 2.24) is 4.98 Å². The van der Waals surface area contributed by atoms with Crippen molar-refractivity contribution in [2.75, 3.05) is 0 Å². The fraction of sp³-hybridized carbons (Fsp3) is 0.0769. The molecule has 0 unspecified atom stereocenters. The molecule has 0 spiro atoms. The number of rotatable bonds is 5. The van der Waals surface area contributed by atoms with Gasteiger partial charge in [0.1, 0.15) is 18.1 Å². The highest BCUT2D eigenvalue weighted by atomic mass is 35.7. The van der Waals surface area contributed by atoms with Crippen LogP contribution in [0.5, 0.6) is 5.75 Å². The van der Waals surface area contributed by atoms with Crippen LogP contribution in [-0.2, 0) is 15.7 Å². The Hall–Kier alpha value is -1.92. The average molecular weight is 312 g/mol. The van der Waals surface area contributed by atoms with Crippen molar-refractivity contribution in [3.63, 3.8) is 0 Å². The second-order valence-electron chi connectivity index (χ2n) is 3.90. The van der Waals surface area contributed by atoms with Gasteiger partial charge in [-0.15, -0.1) is 0 Å². The van der Waals surface area contributed by atoms with E-state index in [9.17, 15) is 13.2 Å². The Morgan fingerprint density at radius 3 is 2.50 bits per heavy atom. The Labute approximate surface area is 120 Å². The Morgan fingerprint density at radius 2 is 1.90 bits per heavy atom. The van der Waals surface area contributed by atoms with Gasteiger partial charge < -0.3 is 4.74 Å². The molecule has 0 amide bonds. The minimum atomic E-state index is -4.02. The van der Waals surface area contributed by atoms with Crippen LogP contribution in [0.1, 0.15) is 16.1 Å². The maximum absolute atomic E-state index is 11.3. The molecule has 2 rings (SSSR count). The zero-order chi connectivity index (χ0) is 14.6. The van der Waals surface area contributed by atoms with Gasteiger partial charge in [0, 0.05) is 22.8 Å². The molecule has 0 fully saturated rings. The molecule has 0 radical (unpaired) electrons. The highest BCUT2D eigenvalue weighted by molar-refractivity contribution is 8.13. The monoisotopic (exact) mass is 311 g/mol. The molecule has 0 aliphatic rings. The Morgan fingerprint density at radius 1 is 1.20 bits per heavy atom. The lowest BCUT2D eigenvalue weighted by Crippen LogP contribution is -2.02. The van der Waals surface area contributed by atoms with Crippen LogP contribution >= 0.6 is 10.7 Å². The smallest absolute Gasteiger partial charge is 0.278 e. The molecule has 7 heteroatoms. The van der Waals surface area contributed by atoms with Gasteiger partial charge >= 0.3 is 0 Å². The Kier molecular flexibility index (Phi) is 4.36. The fourth-order valence-corrected chi connectivity index (χ4v) is 2.22. The van der Waals surface area contributed by atoms with Crippen molar-refractivity contribution < 1.29 is 17.9 Å². The van der Waals surface area contributed by atoms with E-state index in [-0.39, 0.29) is 18.1 Å². The van der Waals surface area contributed by atoms with E-state index in [4.69, 9.17) is 15.4 Å². The number of carbonyl (C=O) groups is 1. The number of hydrogen-bond acceptors (Lipinski definition) is 5. The van der Waals surface area contributed by atoms with E-state index in [0.29, 0.717) is 6.29 Å². The summed E-state index contributed by atoms with van der Waals surface area (Å²) in [5.41, 5.74) is 0.849. The first kappa shape index (κ1) is 14.5. The summed E-state index contributed by atoms with van der Waals surface area (Å²) in [4.78, 5) is 14.4. The highest BCUT2D eigenvalue weighted by Crippen LogP contribution is 2.20. The van der Waals surface area contributed by atoms with Crippen LogP contribution in [0.3, 0.4) is 0 Å². The van der Waals surface area contributed by atoms with Crippen molar-refractivity contribution in [1.29, 1.82) is 0 Å². The van der Waals surface area contributed by atoms with Crippen LogP contribution in [0, 0.1) is 0 Å². The number of benzene rings is 1. The zero-order valence-corrected chi connectivity index (χ0v) is 11.8. The van der Waals surface area contributed by atoms with E-state index in [2.05, 4.69) is 4.98 Å². The van der Waals surface area contributed by atoms with Crippen molar-refractivity contribution in [3.05, 3.63) is 53.7 Å². The highest BCUT2D eigenvalue weighted by Gasteiger charge is 2.15. The zero-order valence-electron chi connectivity index (χ0n) is 10.2. The average Bonchev–Trinajstić information content (AvgIpc) is 2.45. The van der Waals surface area contributed by atoms with Crippen molar-refractivity contribution in [3.8, 4) is 5.75 Å². The predicted molar refractivity (Wildman–Crippen MR) is 73.4 cm³/mol. The molecule has 0 saturated carbocycles. The molecule has 1 aromatic heterocycles. The number of aromatic nitrogens is 1. The number of halogens is 1. The number of pyridine rings is 1. The number of carbonyl (C=O) groups excluding carboxylic acids is 1. The van der Waals surface area contributed by atoms with E-state index >= 15 is 0 Å². The summed E-state index contributed by atoms with van der Waals surface area (Å²) in [5, 5.41) is -0.410. The molecule has 104 valence electrons. The SMILES string of the molecule is O=Cc1cc(OCc2ccccc2)cc(S(=O)(=O)Cl)n1. The largest absolute Gasteiger partial charge is 0.489 e. The van der Waals surface area contributed by atoms with E-state index < -0.39 is 14.1 Å². The van der Waals surface area contributed by atoms with Crippen molar-refractivity contribution in [2.24, 2.45) is 0 Å². The molecular formula is C13H10ClNO4S. The van der Waals surface area contributed by atoms with Gasteiger partial charge in [-0.1, -0.05) is 30.3 Å². The number of ether oxygens (including phenoxy) is 1. The number of aldehydes is 1. The van der Waals surface area contributed by atoms with Gasteiger partial charge in [-0.05, 0) is 5.56 Å². The summed E-state index contributed by atoms with van der Waals surface area (Å²) in [7, 11) is 1.20. The molecule has 0 N–H and O–H groups in total. The lowest BCUT2D eigenvalue weighted by Gasteiger charge is -2.07. The molecule has 0 saturated heterocycles. The quantitative estimate of drug-likeness (QED) is 0.626. The van der Waals surface area contributed by atoms with Crippen molar-refractivity contribution in [2.45, 2.75) is 11.6 Å². The van der Waals surface area contributed by atoms with Crippen LogP contribution in [0.25, 0.3) is 0 Å². The molecule has 0 atom stereocenters. The van der Waals surface area contributed by atoms with Gasteiger partial charge in [0.25, 0.3) is 9.05 Å². The number of hydrogen-bond donors (Lipinski definition) is 0. The molecule has 0 bridgehead atoms. The van der Waals surface area contributed by atoms with Gasteiger partial charge in [0.2, 0.25) is 0 Å². The topological polar surface area (TPSA) is 73.3 Å². The molecular weight excluding hydrogens is 302 g/mol. The first-order valence-electron chi connectivity index (χ1n) is 5.58. The van der Waals surface area contributed by atoms with Crippen LogP contribution in [0.15, 0.2) is 47.5 Å². The van der Waals surface area contributed by atoms with E-state index in [1.807, 2.05) is 30.3 Å². The molecule has 2 aromatic rings. The molecule has 1 aromatic carbocycles. The van der Waals surface area contributed by atoms with Gasteiger partial charge in [0.15, 0.2) is 11.3 Å². The second-order valence-corrected chi connectivity index (χ2v) is 6.41. The van der Waals surface area contributed by atoms with E-state index in [1.165, 1.54) is 12.1 Å². The third-order valence-corrected chi connectivity index (χ3v) is 3.60. The van der Waals surface area contributed by atoms with Gasteiger partial charge in [-0.25, -0.2) is 13.4 Å². The summed E-state index contributed by atoms with van der Waals surface area (Å²) in [6.07, 6.45) is 0.431. The standard InChI is InChI=1S/C13H10ClNO4S/c14-20(17,18)13-7-12(6-11(8-16)15-13)19-9-10-4-2-1-3-5-10/h1-8H,9H2. The van der Waals surface area contributed by atoms with Gasteiger partial charge in [-0.3, -0.25) is 4.79 Å². The number of nitrogens with zero attached hydrogens (tertiary/aromatic N) is 1. The summed E-state index contributed by atoms with van der Waals surface area (Å²) < 4.78 is 28.0. The minimum absolute atomic E-state index is 0.0604. The van der Waals surface area contributed by atoms with Crippen LogP contribution in [0.4, 0.5) is 0 Å². The molecule has 0 aliphatic carbocycles. The summed E-state index contributed by atoms with van der Waals surface area (Å²) in [6.45, 7) is 0.241. The van der Waals surface area contributed by atoms with Crippen molar-refractivity contribution >= 4 is 26.0 Å². The first-order valence-corrected chi connectivity index (χ1v) is 7.88. The maximum Gasteiger partial charge on any atom is 0.278 e. The second kappa shape index (κ2) is 6.02. The van der Waals surface area contributed by atoms with Crippen LogP contribution in [-0.4, -0.2) is 19.7 Å². The molecule has 0 aliphatic heterocycles. The third kappa shape index (κ3) is 3.79. The summed E-state index contributed by atoms with van der Waals surface area (Å²) in [5.74, 6) is 0.213. The Balaban J connectivity index is 2.25. The van der Waals surface area contributed by atoms with Crippen LogP contribution in [0.2, 0.25) is 0 Å². The van der Waals surface area contributed by atoms with Gasteiger partial charge in [-0.2, -0.15) is 0 Å². The van der Waals surface area contributed by atoms with E-state index in [1.54, 1.807) is 0 Å². The van der Waals surface area contributed by atoms with Crippen LogP contribution < -0.4 is 4.74 Å². The lowest BCUT2D eigenvalue weighted by molar-refractivity contribution is 0.111. The normalized spacial score (nSPS) is 11.1. The lowest BCUT2D eigenvalue weighted by atomic mass is 10.2. The first-order chi connectivity index (χ1) is 9.49. The summed E-state index contributed by atoms with van der Waals surface area (Å²) in [6, 6.07) is 11.8. The molecule has 5 nitrogen and oxygen atoms in total. The fourth-order valence-electron chi connectivity index (χ4n) is 1.51. The summed E-state index contributed by atoms with van der Waals surface area (Å²) >= 11 is 0.